The van der Waals surface area contributed by atoms with Gasteiger partial charge >= 0.3 is 6.16 Å². The van der Waals surface area contributed by atoms with E-state index in [1.165, 1.54) is 16.7 Å². The van der Waals surface area contributed by atoms with Gasteiger partial charge in [-0.25, -0.2) is 4.79 Å². The Bertz CT molecular complexity index is 499. The van der Waals surface area contributed by atoms with E-state index in [2.05, 4.69) is 0 Å². The van der Waals surface area contributed by atoms with Crippen LogP contribution in [-0.2, 0) is 14.3 Å². The number of amides is 1. The van der Waals surface area contributed by atoms with Crippen molar-refractivity contribution in [1.82, 2.24) is 4.90 Å². The number of carbonyl (C=O) groups excluding carboxylic acids is 1. The second-order valence-corrected chi connectivity index (χ2v) is 6.72. The van der Waals surface area contributed by atoms with Gasteiger partial charge in [0.2, 0.25) is 11.8 Å². The molecule has 0 radical (unpaired) electrons. The molecule has 1 unspecified atom stereocenters. The molecule has 3 rings (SSSR count). The van der Waals surface area contributed by atoms with E-state index in [0.29, 0.717) is 25.6 Å². The van der Waals surface area contributed by atoms with Crippen molar-refractivity contribution in [2.24, 2.45) is 11.8 Å². The third-order valence-electron chi connectivity index (χ3n) is 4.01. The molecule has 0 aromatic rings. The Morgan fingerprint density at radius 2 is 2.38 bits per heavy atom. The van der Waals surface area contributed by atoms with Crippen molar-refractivity contribution in [2.75, 3.05) is 13.2 Å². The fraction of sp³-hybridized carbons (Fsp3) is 0.692. The Labute approximate surface area is 125 Å². The fourth-order valence-electron chi connectivity index (χ4n) is 2.93. The number of fused-ring (bicyclic) bond motifs is 1. The van der Waals surface area contributed by atoms with Crippen LogP contribution in [-0.4, -0.2) is 51.9 Å². The Morgan fingerprint density at radius 1 is 1.62 bits per heavy atom. The lowest BCUT2D eigenvalue weighted by Gasteiger charge is -2.43. The van der Waals surface area contributed by atoms with Crippen LogP contribution < -0.4 is 0 Å². The van der Waals surface area contributed by atoms with Crippen LogP contribution in [0, 0.1) is 11.8 Å². The number of carboxylic acid groups (broad SMARTS) is 1. The van der Waals surface area contributed by atoms with Gasteiger partial charge in [0.1, 0.15) is 5.37 Å². The minimum Gasteiger partial charge on any atom is -0.449 e. The highest BCUT2D eigenvalue weighted by Gasteiger charge is 2.57. The van der Waals surface area contributed by atoms with Gasteiger partial charge in [0.25, 0.3) is 0 Å². The molecular formula is C13H17NO6S. The van der Waals surface area contributed by atoms with Gasteiger partial charge < -0.3 is 19.7 Å². The third kappa shape index (κ3) is 2.51. The number of carbonyl (C=O) groups is 2. The van der Waals surface area contributed by atoms with Gasteiger partial charge in [-0.05, 0) is 25.7 Å². The Hall–Kier alpha value is -1.25. The van der Waals surface area contributed by atoms with Crippen LogP contribution in [0.1, 0.15) is 19.8 Å². The molecule has 3 heterocycles. The highest BCUT2D eigenvalue weighted by Crippen LogP contribution is 2.52. The number of β-lactam (4-membered cyclic amide) rings is 1. The predicted octanol–water partition coefficient (Wildman–Crippen LogP) is 1.19. The molecule has 8 heteroatoms. The second-order valence-electron chi connectivity index (χ2n) is 5.51. The number of ether oxygens (including phenoxy) is 2. The van der Waals surface area contributed by atoms with Crippen molar-refractivity contribution < 1.29 is 29.3 Å². The molecule has 7 nitrogen and oxygen atoms in total. The van der Waals surface area contributed by atoms with Gasteiger partial charge in [-0.1, -0.05) is 11.8 Å². The van der Waals surface area contributed by atoms with Crippen molar-refractivity contribution in [3.05, 3.63) is 10.8 Å². The summed E-state index contributed by atoms with van der Waals surface area (Å²) in [6.45, 7) is 2.92. The van der Waals surface area contributed by atoms with Crippen molar-refractivity contribution in [3.63, 3.8) is 0 Å². The van der Waals surface area contributed by atoms with Crippen LogP contribution in [0.3, 0.4) is 0 Å². The maximum absolute atomic E-state index is 12.1. The van der Waals surface area contributed by atoms with Crippen LogP contribution in [0.4, 0.5) is 4.79 Å². The quantitative estimate of drug-likeness (QED) is 0.594. The van der Waals surface area contributed by atoms with Crippen LogP contribution >= 0.6 is 11.8 Å². The summed E-state index contributed by atoms with van der Waals surface area (Å²) < 4.78 is 10.1. The number of allylic oxidation sites excluding steroid dienone is 1. The van der Waals surface area contributed by atoms with Crippen molar-refractivity contribution >= 4 is 23.8 Å². The van der Waals surface area contributed by atoms with Gasteiger partial charge in [-0.2, -0.15) is 0 Å². The standard InChI is InChI=1S/C13H17NO6S/c1-6(15)9-10(16)14-11(20-13(17)18)8(21-12(9)14)4-7-2-3-19-5-7/h6-7,9,12,15H,2-5H2,1H3,(H,17,18)/t6-,7?,9+,12-/m1/s1. The molecule has 0 aromatic heterocycles. The monoisotopic (exact) mass is 315 g/mol. The van der Waals surface area contributed by atoms with Crippen LogP contribution in [0.25, 0.3) is 0 Å². The number of rotatable bonds is 4. The molecule has 116 valence electrons. The third-order valence-corrected chi connectivity index (χ3v) is 5.38. The average Bonchev–Trinajstić information content (AvgIpc) is 2.96. The van der Waals surface area contributed by atoms with Crippen molar-refractivity contribution in [2.45, 2.75) is 31.2 Å². The van der Waals surface area contributed by atoms with E-state index in [-0.39, 0.29) is 17.2 Å². The van der Waals surface area contributed by atoms with Gasteiger partial charge in [0, 0.05) is 18.1 Å². The molecule has 3 aliphatic rings. The van der Waals surface area contributed by atoms with E-state index in [9.17, 15) is 14.7 Å². The number of nitrogens with zero attached hydrogens (tertiary/aromatic N) is 1. The Kier molecular flexibility index (Phi) is 3.85. The lowest BCUT2D eigenvalue weighted by molar-refractivity contribution is -0.155. The predicted molar refractivity (Wildman–Crippen MR) is 73.1 cm³/mol. The topological polar surface area (TPSA) is 96.3 Å². The maximum Gasteiger partial charge on any atom is 0.512 e. The molecule has 0 aliphatic carbocycles. The zero-order chi connectivity index (χ0) is 15.1. The van der Waals surface area contributed by atoms with Crippen molar-refractivity contribution in [3.8, 4) is 0 Å². The molecule has 4 atom stereocenters. The molecule has 2 saturated heterocycles. The van der Waals surface area contributed by atoms with E-state index in [1.807, 2.05) is 0 Å². The first kappa shape index (κ1) is 14.7. The summed E-state index contributed by atoms with van der Waals surface area (Å²) in [4.78, 5) is 25.0. The smallest absolute Gasteiger partial charge is 0.449 e. The Balaban J connectivity index is 1.79. The number of thioether (sulfide) groups is 1. The van der Waals surface area contributed by atoms with Gasteiger partial charge in [0.05, 0.1) is 12.0 Å². The SMILES string of the molecule is C[C@@H](O)[C@H]1C(=O)N2C(OC(=O)O)=C(CC3CCOC3)S[C@H]12. The molecule has 0 bridgehead atoms. The largest absolute Gasteiger partial charge is 0.512 e. The average molecular weight is 315 g/mol. The molecule has 3 aliphatic heterocycles. The lowest BCUT2D eigenvalue weighted by Crippen LogP contribution is -2.60. The van der Waals surface area contributed by atoms with Crippen LogP contribution in [0.2, 0.25) is 0 Å². The summed E-state index contributed by atoms with van der Waals surface area (Å²) in [5.41, 5.74) is 0. The summed E-state index contributed by atoms with van der Waals surface area (Å²) in [5, 5.41) is 18.3. The molecule has 21 heavy (non-hydrogen) atoms. The second kappa shape index (κ2) is 5.51. The van der Waals surface area contributed by atoms with Crippen molar-refractivity contribution in [1.29, 1.82) is 0 Å². The summed E-state index contributed by atoms with van der Waals surface area (Å²) in [5.74, 6) is -0.346. The van der Waals surface area contributed by atoms with E-state index in [4.69, 9.17) is 14.6 Å². The number of aliphatic hydroxyl groups excluding tert-OH is 1. The maximum atomic E-state index is 12.1. The summed E-state index contributed by atoms with van der Waals surface area (Å²) in [6.07, 6.45) is -0.630. The first-order chi connectivity index (χ1) is 9.99. The molecule has 0 spiro atoms. The fourth-order valence-corrected chi connectivity index (χ4v) is 4.59. The van der Waals surface area contributed by atoms with E-state index in [1.54, 1.807) is 6.92 Å². The minimum atomic E-state index is -1.43. The minimum absolute atomic E-state index is 0.117. The zero-order valence-electron chi connectivity index (χ0n) is 11.5. The molecule has 0 aromatic carbocycles. The Morgan fingerprint density at radius 3 is 2.95 bits per heavy atom. The van der Waals surface area contributed by atoms with E-state index in [0.717, 1.165) is 11.3 Å². The normalized spacial score (nSPS) is 33.0. The molecule has 2 N–H and O–H groups in total. The first-order valence-corrected chi connectivity index (χ1v) is 7.76. The lowest BCUT2D eigenvalue weighted by atomic mass is 9.93. The number of hydrogen-bond donors (Lipinski definition) is 2. The number of hydrogen-bond acceptors (Lipinski definition) is 6. The van der Waals surface area contributed by atoms with Crippen LogP contribution in [0.5, 0.6) is 0 Å². The van der Waals surface area contributed by atoms with E-state index < -0.39 is 18.2 Å². The zero-order valence-corrected chi connectivity index (χ0v) is 12.3. The molecule has 1 amide bonds. The van der Waals surface area contributed by atoms with E-state index >= 15 is 0 Å². The molecule has 2 fully saturated rings. The highest BCUT2D eigenvalue weighted by molar-refractivity contribution is 8.04. The van der Waals surface area contributed by atoms with Gasteiger partial charge in [-0.15, -0.1) is 0 Å². The summed E-state index contributed by atoms with van der Waals surface area (Å²) >= 11 is 1.42. The highest BCUT2D eigenvalue weighted by atomic mass is 32.2. The molecular weight excluding hydrogens is 298 g/mol. The number of aliphatic hydroxyl groups is 1. The first-order valence-electron chi connectivity index (χ1n) is 6.88. The summed E-state index contributed by atoms with van der Waals surface area (Å²) in [7, 11) is 0. The molecule has 0 saturated carbocycles. The van der Waals surface area contributed by atoms with Gasteiger partial charge in [-0.3, -0.25) is 9.69 Å². The summed E-state index contributed by atoms with van der Waals surface area (Å²) in [6, 6.07) is 0. The van der Waals surface area contributed by atoms with Crippen LogP contribution in [0.15, 0.2) is 10.8 Å². The van der Waals surface area contributed by atoms with Gasteiger partial charge in [0.15, 0.2) is 0 Å².